The Morgan fingerprint density at radius 3 is 2.70 bits per heavy atom. The molecular formula is C16H24ClFN2O3. The molecular weight excluding hydrogens is 323 g/mol. The molecule has 1 aromatic carbocycles. The average molecular weight is 347 g/mol. The minimum absolute atomic E-state index is 0. The number of likely N-dealkylation sites (N-methyl/N-ethyl adjacent to an activating group) is 1. The van der Waals surface area contributed by atoms with Gasteiger partial charge in [0.2, 0.25) is 0 Å². The van der Waals surface area contributed by atoms with Crippen LogP contribution in [0.25, 0.3) is 0 Å². The molecule has 2 N–H and O–H groups in total. The number of benzene rings is 1. The van der Waals surface area contributed by atoms with Crippen LogP contribution in [0.1, 0.15) is 19.3 Å². The Hall–Kier alpha value is -1.37. The summed E-state index contributed by atoms with van der Waals surface area (Å²) in [7, 11) is 1.76. The lowest BCUT2D eigenvalue weighted by Crippen LogP contribution is -2.38. The first-order valence-electron chi connectivity index (χ1n) is 7.59. The maximum atomic E-state index is 12.8. The molecule has 0 spiro atoms. The van der Waals surface area contributed by atoms with Crippen molar-refractivity contribution in [3.05, 3.63) is 30.1 Å². The number of halogens is 2. The topological polar surface area (TPSA) is 64.8 Å². The van der Waals surface area contributed by atoms with Gasteiger partial charge in [0.25, 0.3) is 5.91 Å². The molecule has 0 unspecified atom stereocenters. The molecule has 1 heterocycles. The van der Waals surface area contributed by atoms with E-state index >= 15 is 0 Å². The van der Waals surface area contributed by atoms with E-state index in [-0.39, 0.29) is 36.3 Å². The molecule has 1 fully saturated rings. The summed E-state index contributed by atoms with van der Waals surface area (Å²) in [5.74, 6) is 0.336. The molecule has 0 bridgehead atoms. The molecule has 1 aliphatic heterocycles. The fourth-order valence-corrected chi connectivity index (χ4v) is 2.44. The van der Waals surface area contributed by atoms with E-state index in [1.807, 2.05) is 0 Å². The molecule has 2 rings (SSSR count). The van der Waals surface area contributed by atoms with Crippen molar-refractivity contribution in [1.82, 2.24) is 4.90 Å². The largest absolute Gasteiger partial charge is 0.494 e. The molecule has 5 nitrogen and oxygen atoms in total. The van der Waals surface area contributed by atoms with Gasteiger partial charge in [-0.3, -0.25) is 4.79 Å². The summed E-state index contributed by atoms with van der Waals surface area (Å²) in [6.45, 7) is 1.52. The molecule has 23 heavy (non-hydrogen) atoms. The number of carbonyl (C=O) groups is 1. The van der Waals surface area contributed by atoms with Crippen LogP contribution in [0, 0.1) is 5.82 Å². The fraction of sp³-hybridized carbons (Fsp3) is 0.562. The van der Waals surface area contributed by atoms with Gasteiger partial charge < -0.3 is 20.1 Å². The van der Waals surface area contributed by atoms with Crippen LogP contribution in [0.15, 0.2) is 24.3 Å². The average Bonchev–Trinajstić information content (AvgIpc) is 3.01. The second kappa shape index (κ2) is 9.70. The molecule has 1 amide bonds. The van der Waals surface area contributed by atoms with Crippen molar-refractivity contribution < 1.29 is 18.7 Å². The van der Waals surface area contributed by atoms with Gasteiger partial charge in [0.1, 0.15) is 17.7 Å². The van der Waals surface area contributed by atoms with Gasteiger partial charge in [0, 0.05) is 20.1 Å². The molecule has 1 saturated heterocycles. The molecule has 0 aliphatic carbocycles. The number of carbonyl (C=O) groups excluding carboxylic acids is 1. The predicted octanol–water partition coefficient (Wildman–Crippen LogP) is 1.98. The summed E-state index contributed by atoms with van der Waals surface area (Å²) in [6, 6.07) is 5.89. The van der Waals surface area contributed by atoms with E-state index in [1.54, 1.807) is 24.1 Å². The molecule has 0 aromatic heterocycles. The zero-order chi connectivity index (χ0) is 15.9. The monoisotopic (exact) mass is 346 g/mol. The maximum absolute atomic E-state index is 12.8. The first-order chi connectivity index (χ1) is 10.6. The Morgan fingerprint density at radius 2 is 2.09 bits per heavy atom. The van der Waals surface area contributed by atoms with E-state index in [4.69, 9.17) is 15.2 Å². The highest BCUT2D eigenvalue weighted by atomic mass is 35.5. The van der Waals surface area contributed by atoms with E-state index in [9.17, 15) is 9.18 Å². The van der Waals surface area contributed by atoms with Gasteiger partial charge in [-0.15, -0.1) is 12.4 Å². The second-order valence-electron chi connectivity index (χ2n) is 5.48. The number of hydrogen-bond donors (Lipinski definition) is 1. The Labute approximate surface area is 142 Å². The third-order valence-corrected chi connectivity index (χ3v) is 3.74. The van der Waals surface area contributed by atoms with Crippen LogP contribution in [-0.4, -0.2) is 49.8 Å². The van der Waals surface area contributed by atoms with Gasteiger partial charge in [0.15, 0.2) is 0 Å². The first-order valence-corrected chi connectivity index (χ1v) is 7.59. The minimum atomic E-state index is -0.364. The predicted molar refractivity (Wildman–Crippen MR) is 88.3 cm³/mol. The molecule has 0 radical (unpaired) electrons. The van der Waals surface area contributed by atoms with Crippen LogP contribution >= 0.6 is 12.4 Å². The van der Waals surface area contributed by atoms with Crippen LogP contribution in [0.4, 0.5) is 4.39 Å². The van der Waals surface area contributed by atoms with Crippen LogP contribution in [0.3, 0.4) is 0 Å². The number of rotatable bonds is 7. The van der Waals surface area contributed by atoms with Crippen LogP contribution in [-0.2, 0) is 9.53 Å². The van der Waals surface area contributed by atoms with E-state index < -0.39 is 0 Å². The molecule has 0 saturated carbocycles. The zero-order valence-electron chi connectivity index (χ0n) is 13.2. The van der Waals surface area contributed by atoms with Crippen LogP contribution < -0.4 is 10.5 Å². The normalized spacial score (nSPS) is 20.0. The summed E-state index contributed by atoms with van der Waals surface area (Å²) in [6.07, 6.45) is 1.92. The van der Waals surface area contributed by atoms with Crippen LogP contribution in [0.2, 0.25) is 0 Å². The summed E-state index contributed by atoms with van der Waals surface area (Å²) in [4.78, 5) is 13.9. The fourth-order valence-electron chi connectivity index (χ4n) is 2.44. The molecule has 1 aromatic rings. The van der Waals surface area contributed by atoms with Gasteiger partial charge in [0.05, 0.1) is 12.7 Å². The van der Waals surface area contributed by atoms with E-state index in [2.05, 4.69) is 0 Å². The number of hydrogen-bond acceptors (Lipinski definition) is 4. The van der Waals surface area contributed by atoms with Crippen molar-refractivity contribution in [2.45, 2.75) is 31.5 Å². The van der Waals surface area contributed by atoms with Crippen molar-refractivity contribution >= 4 is 18.3 Å². The lowest BCUT2D eigenvalue weighted by Gasteiger charge is -2.21. The minimum Gasteiger partial charge on any atom is -0.494 e. The highest BCUT2D eigenvalue weighted by Crippen LogP contribution is 2.20. The molecule has 7 heteroatoms. The van der Waals surface area contributed by atoms with Crippen molar-refractivity contribution in [3.8, 4) is 5.75 Å². The Bertz CT molecular complexity index is 487. The molecule has 2 atom stereocenters. The summed E-state index contributed by atoms with van der Waals surface area (Å²) < 4.78 is 23.8. The standard InChI is InChI=1S/C16H23FN2O3.ClH/c1-19(16(20)15-8-7-14(11-18)22-15)9-2-10-21-13-5-3-12(17)4-6-13;/h3-6,14-15H,2,7-11,18H2,1H3;1H/t14-,15+;/m1./s1. The third-order valence-electron chi connectivity index (χ3n) is 3.74. The summed E-state index contributed by atoms with van der Waals surface area (Å²) in [5, 5.41) is 0. The van der Waals surface area contributed by atoms with E-state index in [1.165, 1.54) is 12.1 Å². The van der Waals surface area contributed by atoms with E-state index in [0.717, 1.165) is 12.8 Å². The van der Waals surface area contributed by atoms with Crippen molar-refractivity contribution in [3.63, 3.8) is 0 Å². The zero-order valence-corrected chi connectivity index (χ0v) is 14.1. The van der Waals surface area contributed by atoms with E-state index in [0.29, 0.717) is 31.9 Å². The van der Waals surface area contributed by atoms with Crippen LogP contribution in [0.5, 0.6) is 5.75 Å². The number of nitrogens with zero attached hydrogens (tertiary/aromatic N) is 1. The highest BCUT2D eigenvalue weighted by molar-refractivity contribution is 5.85. The van der Waals surface area contributed by atoms with Gasteiger partial charge in [-0.25, -0.2) is 4.39 Å². The van der Waals surface area contributed by atoms with Gasteiger partial charge in [-0.1, -0.05) is 0 Å². The number of amides is 1. The SMILES string of the molecule is CN(CCCOc1ccc(F)cc1)C(=O)[C@@H]1CC[C@H](CN)O1.Cl. The Balaban J connectivity index is 0.00000264. The van der Waals surface area contributed by atoms with Gasteiger partial charge in [-0.2, -0.15) is 0 Å². The van der Waals surface area contributed by atoms with Crippen molar-refractivity contribution in [1.29, 1.82) is 0 Å². The molecule has 1 aliphatic rings. The number of ether oxygens (including phenoxy) is 2. The molecule has 130 valence electrons. The van der Waals surface area contributed by atoms with Gasteiger partial charge in [-0.05, 0) is 43.5 Å². The Morgan fingerprint density at radius 1 is 1.39 bits per heavy atom. The highest BCUT2D eigenvalue weighted by Gasteiger charge is 2.31. The third kappa shape index (κ3) is 5.97. The van der Waals surface area contributed by atoms with Crippen molar-refractivity contribution in [2.75, 3.05) is 26.7 Å². The second-order valence-corrected chi connectivity index (χ2v) is 5.48. The Kier molecular flexibility index (Phi) is 8.30. The van der Waals surface area contributed by atoms with Gasteiger partial charge >= 0.3 is 0 Å². The van der Waals surface area contributed by atoms with Crippen molar-refractivity contribution in [2.24, 2.45) is 5.73 Å². The maximum Gasteiger partial charge on any atom is 0.251 e. The summed E-state index contributed by atoms with van der Waals surface area (Å²) in [5.41, 5.74) is 5.55. The first kappa shape index (κ1) is 19.7. The smallest absolute Gasteiger partial charge is 0.251 e. The lowest BCUT2D eigenvalue weighted by atomic mass is 10.2. The number of nitrogens with two attached hydrogens (primary N) is 1. The summed E-state index contributed by atoms with van der Waals surface area (Å²) >= 11 is 0. The quantitative estimate of drug-likeness (QED) is 0.767. The lowest BCUT2D eigenvalue weighted by molar-refractivity contribution is -0.141.